The number of halogens is 1. The van der Waals surface area contributed by atoms with Crippen molar-refractivity contribution in [2.24, 2.45) is 0 Å². The fourth-order valence-corrected chi connectivity index (χ4v) is 4.56. The third-order valence-electron chi connectivity index (χ3n) is 5.88. The Balaban J connectivity index is 1.59. The van der Waals surface area contributed by atoms with Crippen LogP contribution in [-0.2, 0) is 19.5 Å². The molecular formula is C26H32FN5O2S. The van der Waals surface area contributed by atoms with Gasteiger partial charge in [-0.15, -0.1) is 0 Å². The second-order valence-corrected chi connectivity index (χ2v) is 10.4. The second kappa shape index (κ2) is 11.0. The standard InChI is InChI=1S/C26H32FN5O2S/c1-4-5-14-31-24-23(25(33)32(26(31)34)16-19-8-6-7-9-21(19)27)28-22(29-24)15-18-10-12-20(13-11-18)30-35-17(2)3/h6-13,17,22,28-30H,4-5,14-16H2,1-3H3. The Morgan fingerprint density at radius 1 is 1.06 bits per heavy atom. The van der Waals surface area contributed by atoms with Crippen molar-refractivity contribution in [3.63, 3.8) is 0 Å². The van der Waals surface area contributed by atoms with Gasteiger partial charge in [0.15, 0.2) is 0 Å². The zero-order valence-electron chi connectivity index (χ0n) is 20.3. The molecule has 1 atom stereocenters. The number of benzene rings is 2. The Morgan fingerprint density at radius 3 is 2.49 bits per heavy atom. The van der Waals surface area contributed by atoms with Crippen molar-refractivity contribution in [1.29, 1.82) is 0 Å². The van der Waals surface area contributed by atoms with Crippen LogP contribution in [0, 0.1) is 5.82 Å². The monoisotopic (exact) mass is 497 g/mol. The Kier molecular flexibility index (Phi) is 7.85. The second-order valence-electron chi connectivity index (χ2n) is 9.01. The van der Waals surface area contributed by atoms with E-state index in [-0.39, 0.29) is 12.7 Å². The largest absolute Gasteiger partial charge is 0.358 e. The number of rotatable bonds is 10. The lowest BCUT2D eigenvalue weighted by molar-refractivity contribution is 0.547. The SMILES string of the molecule is CCCCn1c2c(c(=O)n(Cc3ccccc3F)c1=O)NC(Cc1ccc(NSC(C)C)cc1)N2. The summed E-state index contributed by atoms with van der Waals surface area (Å²) in [5, 5.41) is 7.10. The third-order valence-corrected chi connectivity index (χ3v) is 6.71. The van der Waals surface area contributed by atoms with E-state index in [0.29, 0.717) is 35.3 Å². The number of nitrogens with zero attached hydrogens (tertiary/aromatic N) is 2. The van der Waals surface area contributed by atoms with E-state index in [1.165, 1.54) is 6.07 Å². The lowest BCUT2D eigenvalue weighted by Gasteiger charge is -2.15. The number of unbranched alkanes of at least 4 members (excludes halogenated alkanes) is 1. The summed E-state index contributed by atoms with van der Waals surface area (Å²) in [7, 11) is 0. The minimum atomic E-state index is -0.443. The fraction of sp³-hybridized carbons (Fsp3) is 0.385. The van der Waals surface area contributed by atoms with Crippen molar-refractivity contribution in [3.05, 3.63) is 86.3 Å². The Labute approximate surface area is 208 Å². The van der Waals surface area contributed by atoms with Crippen LogP contribution in [0.4, 0.5) is 21.6 Å². The maximum atomic E-state index is 14.3. The molecule has 0 amide bonds. The quantitative estimate of drug-likeness (QED) is 0.347. The number of fused-ring (bicyclic) bond motifs is 1. The zero-order chi connectivity index (χ0) is 24.9. The minimum Gasteiger partial charge on any atom is -0.358 e. The van der Waals surface area contributed by atoms with Gasteiger partial charge in [0, 0.05) is 29.5 Å². The van der Waals surface area contributed by atoms with Gasteiger partial charge in [-0.25, -0.2) is 9.18 Å². The Bertz CT molecular complexity index is 1290. The molecule has 0 aliphatic carbocycles. The molecule has 0 spiro atoms. The van der Waals surface area contributed by atoms with Crippen molar-refractivity contribution in [1.82, 2.24) is 9.13 Å². The van der Waals surface area contributed by atoms with E-state index < -0.39 is 17.1 Å². The number of hydrogen-bond acceptors (Lipinski definition) is 6. The normalized spacial score (nSPS) is 14.5. The van der Waals surface area contributed by atoms with E-state index >= 15 is 0 Å². The molecule has 1 aliphatic heterocycles. The van der Waals surface area contributed by atoms with E-state index in [4.69, 9.17) is 0 Å². The van der Waals surface area contributed by atoms with E-state index in [9.17, 15) is 14.0 Å². The highest BCUT2D eigenvalue weighted by Crippen LogP contribution is 2.27. The first-order chi connectivity index (χ1) is 16.9. The van der Waals surface area contributed by atoms with E-state index in [1.807, 2.05) is 19.1 Å². The summed E-state index contributed by atoms with van der Waals surface area (Å²) in [4.78, 5) is 26.6. The molecule has 35 heavy (non-hydrogen) atoms. The lowest BCUT2D eigenvalue weighted by atomic mass is 10.1. The molecule has 0 bridgehead atoms. The van der Waals surface area contributed by atoms with Crippen molar-refractivity contribution in [2.45, 2.75) is 64.5 Å². The molecule has 2 heterocycles. The van der Waals surface area contributed by atoms with Crippen LogP contribution in [0.25, 0.3) is 0 Å². The molecule has 4 rings (SSSR count). The number of nitrogens with one attached hydrogen (secondary N) is 3. The molecule has 1 aliphatic rings. The average molecular weight is 498 g/mol. The van der Waals surface area contributed by atoms with Crippen LogP contribution < -0.4 is 26.6 Å². The van der Waals surface area contributed by atoms with Gasteiger partial charge in [-0.1, -0.05) is 57.5 Å². The minimum absolute atomic E-state index is 0.112. The predicted octanol–water partition coefficient (Wildman–Crippen LogP) is 4.87. The zero-order valence-corrected chi connectivity index (χ0v) is 21.1. The lowest BCUT2D eigenvalue weighted by Crippen LogP contribution is -2.41. The van der Waals surface area contributed by atoms with Gasteiger partial charge in [0.25, 0.3) is 5.56 Å². The number of hydrogen-bond donors (Lipinski definition) is 3. The molecule has 2 aromatic carbocycles. The van der Waals surface area contributed by atoms with Crippen molar-refractivity contribution < 1.29 is 4.39 Å². The third kappa shape index (κ3) is 5.73. The topological polar surface area (TPSA) is 80.1 Å². The van der Waals surface area contributed by atoms with Crippen molar-refractivity contribution in [3.8, 4) is 0 Å². The van der Waals surface area contributed by atoms with Crippen LogP contribution in [-0.4, -0.2) is 20.5 Å². The smallest absolute Gasteiger partial charge is 0.332 e. The van der Waals surface area contributed by atoms with Gasteiger partial charge in [0.1, 0.15) is 23.5 Å². The average Bonchev–Trinajstić information content (AvgIpc) is 3.26. The van der Waals surface area contributed by atoms with Gasteiger partial charge in [0.05, 0.1) is 6.54 Å². The van der Waals surface area contributed by atoms with Gasteiger partial charge in [-0.05, 0) is 42.1 Å². The van der Waals surface area contributed by atoms with Gasteiger partial charge >= 0.3 is 5.69 Å². The first-order valence-electron chi connectivity index (χ1n) is 12.0. The summed E-state index contributed by atoms with van der Waals surface area (Å²) in [5.74, 6) is 0.0722. The Hall–Kier alpha value is -3.20. The van der Waals surface area contributed by atoms with Crippen LogP contribution in [0.5, 0.6) is 0 Å². The maximum Gasteiger partial charge on any atom is 0.332 e. The van der Waals surface area contributed by atoms with Crippen molar-refractivity contribution >= 4 is 29.1 Å². The number of anilines is 3. The molecule has 0 saturated carbocycles. The molecule has 1 unspecified atom stereocenters. The molecule has 7 nitrogen and oxygen atoms in total. The fourth-order valence-electron chi connectivity index (χ4n) is 4.05. The van der Waals surface area contributed by atoms with Gasteiger partial charge in [-0.2, -0.15) is 0 Å². The molecule has 9 heteroatoms. The summed E-state index contributed by atoms with van der Waals surface area (Å²) in [6, 6.07) is 14.4. The van der Waals surface area contributed by atoms with Crippen LogP contribution in [0.15, 0.2) is 58.1 Å². The van der Waals surface area contributed by atoms with E-state index in [2.05, 4.69) is 41.3 Å². The van der Waals surface area contributed by atoms with Crippen molar-refractivity contribution in [2.75, 3.05) is 15.4 Å². The van der Waals surface area contributed by atoms with E-state index in [0.717, 1.165) is 28.7 Å². The summed E-state index contributed by atoms with van der Waals surface area (Å²) in [5.41, 5.74) is 1.92. The predicted molar refractivity (Wildman–Crippen MR) is 143 cm³/mol. The van der Waals surface area contributed by atoms with Gasteiger partial charge in [0.2, 0.25) is 0 Å². The molecule has 3 aromatic rings. The first kappa shape index (κ1) is 24.9. The summed E-state index contributed by atoms with van der Waals surface area (Å²) >= 11 is 1.66. The summed E-state index contributed by atoms with van der Waals surface area (Å²) in [6.07, 6.45) is 2.08. The molecule has 0 fully saturated rings. The van der Waals surface area contributed by atoms with Crippen LogP contribution in [0.3, 0.4) is 0 Å². The highest BCUT2D eigenvalue weighted by Gasteiger charge is 2.28. The molecule has 186 valence electrons. The molecule has 0 saturated heterocycles. The number of aromatic nitrogens is 2. The highest BCUT2D eigenvalue weighted by atomic mass is 32.2. The summed E-state index contributed by atoms with van der Waals surface area (Å²) < 4.78 is 20.3. The molecule has 1 aromatic heterocycles. The molecule has 0 radical (unpaired) electrons. The highest BCUT2D eigenvalue weighted by molar-refractivity contribution is 8.01. The first-order valence-corrected chi connectivity index (χ1v) is 12.9. The molecular weight excluding hydrogens is 465 g/mol. The van der Waals surface area contributed by atoms with Gasteiger partial charge < -0.3 is 15.4 Å². The molecule has 3 N–H and O–H groups in total. The summed E-state index contributed by atoms with van der Waals surface area (Å²) in [6.45, 7) is 6.67. The maximum absolute atomic E-state index is 14.3. The van der Waals surface area contributed by atoms with Crippen LogP contribution >= 0.6 is 11.9 Å². The van der Waals surface area contributed by atoms with Gasteiger partial charge in [-0.3, -0.25) is 13.9 Å². The Morgan fingerprint density at radius 2 is 1.80 bits per heavy atom. The van der Waals surface area contributed by atoms with Crippen LogP contribution in [0.2, 0.25) is 0 Å². The van der Waals surface area contributed by atoms with Crippen LogP contribution in [0.1, 0.15) is 44.7 Å². The van der Waals surface area contributed by atoms with E-state index in [1.54, 1.807) is 34.7 Å².